The summed E-state index contributed by atoms with van der Waals surface area (Å²) in [5.41, 5.74) is 0.478. The van der Waals surface area contributed by atoms with E-state index < -0.39 is 33.5 Å². The first kappa shape index (κ1) is 27.4. The van der Waals surface area contributed by atoms with E-state index in [-0.39, 0.29) is 42.4 Å². The van der Waals surface area contributed by atoms with Gasteiger partial charge in [0.15, 0.2) is 0 Å². The van der Waals surface area contributed by atoms with Crippen LogP contribution in [0, 0.1) is 11.3 Å². The summed E-state index contributed by atoms with van der Waals surface area (Å²) in [5.74, 6) is -1.89. The van der Waals surface area contributed by atoms with E-state index in [1.54, 1.807) is 30.0 Å². The fourth-order valence-corrected chi connectivity index (χ4v) is 7.94. The molecule has 10 heteroatoms. The summed E-state index contributed by atoms with van der Waals surface area (Å²) < 4.78 is 29.2. The number of carbonyl (C=O) groups excluding carboxylic acids is 1. The zero-order chi connectivity index (χ0) is 27.2. The first-order chi connectivity index (χ1) is 18.0. The Morgan fingerprint density at radius 2 is 1.76 bits per heavy atom. The van der Waals surface area contributed by atoms with Crippen LogP contribution in [0.2, 0.25) is 10.0 Å². The van der Waals surface area contributed by atoms with Crippen molar-refractivity contribution in [1.29, 1.82) is 0 Å². The molecule has 204 valence electrons. The summed E-state index contributed by atoms with van der Waals surface area (Å²) in [6.07, 6.45) is 3.20. The number of halogens is 2. The second-order valence-electron chi connectivity index (χ2n) is 11.3. The number of carboxylic acids is 1. The second kappa shape index (κ2) is 10.5. The Morgan fingerprint density at radius 3 is 2.34 bits per heavy atom. The molecule has 0 aromatic heterocycles. The van der Waals surface area contributed by atoms with Crippen molar-refractivity contribution in [3.05, 3.63) is 69.7 Å². The molecule has 2 aromatic carbocycles. The summed E-state index contributed by atoms with van der Waals surface area (Å²) in [6, 6.07) is 13.5. The summed E-state index contributed by atoms with van der Waals surface area (Å²) in [7, 11) is -3.66. The van der Waals surface area contributed by atoms with Crippen LogP contribution in [0.4, 0.5) is 0 Å². The molecule has 2 aliphatic carbocycles. The van der Waals surface area contributed by atoms with Crippen LogP contribution >= 0.6 is 23.2 Å². The van der Waals surface area contributed by atoms with Gasteiger partial charge in [0.05, 0.1) is 29.7 Å². The molecule has 1 saturated heterocycles. The molecule has 0 unspecified atom stereocenters. The van der Waals surface area contributed by atoms with Crippen molar-refractivity contribution in [2.45, 2.75) is 69.5 Å². The molecular formula is C28H32Cl2N2O5S. The number of nitrogens with zero attached hydrogens (tertiary/aromatic N) is 1. The number of carbonyl (C=O) groups is 2. The van der Waals surface area contributed by atoms with Gasteiger partial charge in [-0.15, -0.1) is 0 Å². The average Bonchev–Trinajstić information content (AvgIpc) is 3.75. The maximum Gasteiger partial charge on any atom is 0.304 e. The van der Waals surface area contributed by atoms with Gasteiger partial charge in [0, 0.05) is 22.0 Å². The van der Waals surface area contributed by atoms with Gasteiger partial charge in [0.1, 0.15) is 0 Å². The molecule has 3 fully saturated rings. The third-order valence-corrected chi connectivity index (χ3v) is 9.93. The Balaban J connectivity index is 1.65. The molecule has 3 aliphatic rings. The lowest BCUT2D eigenvalue weighted by molar-refractivity contribution is -0.160. The van der Waals surface area contributed by atoms with E-state index in [1.807, 2.05) is 30.3 Å². The number of carboxylic acid groups (broad SMARTS) is 1. The smallest absolute Gasteiger partial charge is 0.304 e. The highest BCUT2D eigenvalue weighted by Crippen LogP contribution is 2.54. The van der Waals surface area contributed by atoms with Crippen molar-refractivity contribution in [1.82, 2.24) is 9.62 Å². The highest BCUT2D eigenvalue weighted by atomic mass is 35.5. The van der Waals surface area contributed by atoms with Crippen LogP contribution in [0.15, 0.2) is 48.5 Å². The molecule has 1 heterocycles. The number of nitrogens with one attached hydrogen (secondary N) is 1. The first-order valence-electron chi connectivity index (χ1n) is 13.0. The van der Waals surface area contributed by atoms with Crippen LogP contribution < -0.4 is 4.72 Å². The number of amides is 1. The van der Waals surface area contributed by atoms with Gasteiger partial charge in [-0.3, -0.25) is 9.59 Å². The van der Waals surface area contributed by atoms with Crippen LogP contribution in [0.5, 0.6) is 0 Å². The Hall–Kier alpha value is -2.13. The molecule has 0 spiro atoms. The summed E-state index contributed by atoms with van der Waals surface area (Å²) in [4.78, 5) is 28.1. The minimum Gasteiger partial charge on any atom is -0.481 e. The molecule has 1 aliphatic heterocycles. The van der Waals surface area contributed by atoms with Crippen molar-refractivity contribution < 1.29 is 23.1 Å². The number of piperidine rings is 1. The Morgan fingerprint density at radius 1 is 1.08 bits per heavy atom. The number of hydrogen-bond acceptors (Lipinski definition) is 4. The number of aliphatic carboxylic acids is 1. The zero-order valence-electron chi connectivity index (χ0n) is 21.1. The number of hydrogen-bond donors (Lipinski definition) is 2. The monoisotopic (exact) mass is 578 g/mol. The van der Waals surface area contributed by atoms with Gasteiger partial charge in [-0.25, -0.2) is 13.1 Å². The van der Waals surface area contributed by atoms with Gasteiger partial charge in [-0.2, -0.15) is 0 Å². The van der Waals surface area contributed by atoms with Crippen LogP contribution in [0.3, 0.4) is 0 Å². The highest BCUT2D eigenvalue weighted by Gasteiger charge is 2.55. The van der Waals surface area contributed by atoms with Gasteiger partial charge >= 0.3 is 5.97 Å². The fraction of sp³-hybridized carbons (Fsp3) is 0.500. The van der Waals surface area contributed by atoms with Gasteiger partial charge in [-0.05, 0) is 73.4 Å². The second-order valence-corrected chi connectivity index (χ2v) is 14.0. The lowest BCUT2D eigenvalue weighted by atomic mass is 9.67. The minimum atomic E-state index is -3.66. The molecule has 0 bridgehead atoms. The summed E-state index contributed by atoms with van der Waals surface area (Å²) in [6.45, 7) is 1.69. The fourth-order valence-electron chi connectivity index (χ4n) is 5.90. The topological polar surface area (TPSA) is 104 Å². The Labute approximate surface area is 233 Å². The zero-order valence-corrected chi connectivity index (χ0v) is 23.5. The average molecular weight is 580 g/mol. The SMILES string of the molecule is C[C@]1(CC(=O)O)C[C@H](c2cccc(Cl)c2)[C@@H](c2ccc(Cl)cc2)N([C@H](CS(=O)(=O)NC2CC2)C2CC2)C1=O. The standard InChI is InChI=1S/C28H32Cl2N2O5S/c1-28(15-25(33)34)14-23(19-3-2-4-21(30)13-19)26(18-7-9-20(29)10-8-18)32(27(28)35)24(17-5-6-17)16-38(36,37)31-22-11-12-22/h2-4,7-10,13,17,22-24,26,31H,5-6,11-12,14-16H2,1H3,(H,33,34)/t23-,24-,26-,28-/m1/s1. The van der Waals surface area contributed by atoms with Crippen LogP contribution in [0.25, 0.3) is 0 Å². The van der Waals surface area contributed by atoms with Crippen LogP contribution in [-0.2, 0) is 19.6 Å². The van der Waals surface area contributed by atoms with E-state index in [1.165, 1.54) is 0 Å². The maximum atomic E-state index is 14.4. The number of benzene rings is 2. The van der Waals surface area contributed by atoms with E-state index in [4.69, 9.17) is 23.2 Å². The van der Waals surface area contributed by atoms with Crippen molar-refractivity contribution in [3.63, 3.8) is 0 Å². The van der Waals surface area contributed by atoms with Crippen LogP contribution in [-0.4, -0.2) is 48.1 Å². The maximum absolute atomic E-state index is 14.4. The summed E-state index contributed by atoms with van der Waals surface area (Å²) in [5, 5.41) is 10.9. The molecular weight excluding hydrogens is 547 g/mol. The number of sulfonamides is 1. The first-order valence-corrected chi connectivity index (χ1v) is 15.4. The van der Waals surface area contributed by atoms with Gasteiger partial charge < -0.3 is 10.0 Å². The van der Waals surface area contributed by atoms with Crippen molar-refractivity contribution in [3.8, 4) is 0 Å². The van der Waals surface area contributed by atoms with E-state index >= 15 is 0 Å². The van der Waals surface area contributed by atoms with Gasteiger partial charge in [0.2, 0.25) is 15.9 Å². The predicted molar refractivity (Wildman–Crippen MR) is 147 cm³/mol. The Kier molecular flexibility index (Phi) is 7.55. The van der Waals surface area contributed by atoms with Crippen LogP contribution in [0.1, 0.15) is 68.5 Å². The van der Waals surface area contributed by atoms with Crippen molar-refractivity contribution in [2.75, 3.05) is 5.75 Å². The molecule has 2 N–H and O–H groups in total. The summed E-state index contributed by atoms with van der Waals surface area (Å²) >= 11 is 12.6. The normalized spacial score (nSPS) is 26.8. The Bertz CT molecular complexity index is 1330. The molecule has 4 atom stereocenters. The molecule has 7 nitrogen and oxygen atoms in total. The molecule has 0 radical (unpaired) electrons. The van der Waals surface area contributed by atoms with Crippen molar-refractivity contribution in [2.24, 2.45) is 11.3 Å². The molecule has 2 saturated carbocycles. The van der Waals surface area contributed by atoms with Gasteiger partial charge in [0.25, 0.3) is 0 Å². The largest absolute Gasteiger partial charge is 0.481 e. The minimum absolute atomic E-state index is 0.0247. The van der Waals surface area contributed by atoms with Crippen molar-refractivity contribution >= 4 is 45.1 Å². The molecule has 2 aromatic rings. The molecule has 5 rings (SSSR count). The van der Waals surface area contributed by atoms with Gasteiger partial charge in [-0.1, -0.05) is 54.4 Å². The van der Waals surface area contributed by atoms with E-state index in [0.29, 0.717) is 10.0 Å². The third-order valence-electron chi connectivity index (χ3n) is 7.97. The predicted octanol–water partition coefficient (Wildman–Crippen LogP) is 5.39. The van der Waals surface area contributed by atoms with E-state index in [2.05, 4.69) is 4.72 Å². The lowest BCUT2D eigenvalue weighted by Crippen LogP contribution is -2.58. The number of rotatable bonds is 10. The molecule has 38 heavy (non-hydrogen) atoms. The highest BCUT2D eigenvalue weighted by molar-refractivity contribution is 7.89. The quantitative estimate of drug-likeness (QED) is 0.393. The third kappa shape index (κ3) is 6.03. The van der Waals surface area contributed by atoms with E-state index in [0.717, 1.165) is 36.8 Å². The molecule has 1 amide bonds. The number of likely N-dealkylation sites (tertiary alicyclic amines) is 1. The lowest BCUT2D eigenvalue weighted by Gasteiger charge is -2.52. The van der Waals surface area contributed by atoms with E-state index in [9.17, 15) is 23.1 Å².